The van der Waals surface area contributed by atoms with E-state index in [9.17, 15) is 0 Å². The Hall–Kier alpha value is -6.72. The minimum atomic E-state index is 1.04. The first-order chi connectivity index (χ1) is 33.7. The molecule has 0 saturated carbocycles. The third kappa shape index (κ3) is 18.7. The van der Waals surface area contributed by atoms with Crippen molar-refractivity contribution in [1.29, 1.82) is 0 Å². The first-order valence-corrected chi connectivity index (χ1v) is 25.4. The third-order valence-electron chi connectivity index (χ3n) is 11.7. The van der Waals surface area contributed by atoms with Gasteiger partial charge in [-0.1, -0.05) is 273 Å². The molecule has 0 atom stereocenters. The van der Waals surface area contributed by atoms with Crippen molar-refractivity contribution in [3.63, 3.8) is 0 Å². The maximum absolute atomic E-state index is 4.00. The first-order valence-electron chi connectivity index (χ1n) is 24.6. The summed E-state index contributed by atoms with van der Waals surface area (Å²) < 4.78 is 1.14. The Labute approximate surface area is 425 Å². The number of allylic oxidation sites excluding steroid dienone is 19. The molecule has 6 aromatic rings. The number of fused-ring (bicyclic) bond motifs is 7. The summed E-state index contributed by atoms with van der Waals surface area (Å²) in [5, 5.41) is 5.51. The molecule has 0 heterocycles. The molecule has 0 unspecified atom stereocenters. The van der Waals surface area contributed by atoms with Crippen LogP contribution in [0.2, 0.25) is 0 Å². The molecule has 0 amide bonds. The fourth-order valence-electron chi connectivity index (χ4n) is 7.83. The van der Waals surface area contributed by atoms with Crippen LogP contribution in [0.15, 0.2) is 234 Å². The highest BCUT2D eigenvalue weighted by Crippen LogP contribution is 2.35. The molecule has 1 heteroatoms. The molecule has 69 heavy (non-hydrogen) atoms. The Balaban J connectivity index is 0.000000187. The molecule has 0 radical (unpaired) electrons. The van der Waals surface area contributed by atoms with Gasteiger partial charge in [0.15, 0.2) is 0 Å². The fraction of sp³-hybridized carbons (Fsp3) is 0.206. The highest BCUT2D eigenvalue weighted by atomic mass is 79.9. The molecule has 0 fully saturated rings. The van der Waals surface area contributed by atoms with Crippen molar-refractivity contribution >= 4 is 54.7 Å². The zero-order valence-corrected chi connectivity index (χ0v) is 43.9. The van der Waals surface area contributed by atoms with Crippen LogP contribution in [0.3, 0.4) is 0 Å². The Morgan fingerprint density at radius 1 is 0.551 bits per heavy atom. The van der Waals surface area contributed by atoms with Crippen molar-refractivity contribution in [3.05, 3.63) is 267 Å². The summed E-state index contributed by atoms with van der Waals surface area (Å²) in [5.74, 6) is 0. The summed E-state index contributed by atoms with van der Waals surface area (Å²) in [6.07, 6.45) is 48.5. The van der Waals surface area contributed by atoms with E-state index in [1.54, 1.807) is 0 Å². The second kappa shape index (κ2) is 31.3. The molecule has 0 N–H and O–H groups in total. The molecule has 0 spiro atoms. The van der Waals surface area contributed by atoms with Gasteiger partial charge in [-0.25, -0.2) is 0 Å². The molecule has 4 aliphatic carbocycles. The van der Waals surface area contributed by atoms with Crippen molar-refractivity contribution < 1.29 is 0 Å². The van der Waals surface area contributed by atoms with Gasteiger partial charge in [0.25, 0.3) is 0 Å². The number of hydrogen-bond acceptors (Lipinski definition) is 0. The minimum absolute atomic E-state index is 1.04. The average Bonchev–Trinajstić information content (AvgIpc) is 3.72. The lowest BCUT2D eigenvalue weighted by atomic mass is 9.95. The number of benzene rings is 6. The fourth-order valence-corrected chi connectivity index (χ4v) is 8.10. The van der Waals surface area contributed by atoms with E-state index in [-0.39, 0.29) is 0 Å². The van der Waals surface area contributed by atoms with Crippen LogP contribution in [0.4, 0.5) is 0 Å². The number of terminal acetylenes is 1. The second-order valence-electron chi connectivity index (χ2n) is 17.2. The zero-order valence-electron chi connectivity index (χ0n) is 42.3. The number of unbranched alkanes of at least 4 members (excludes halogenated alkanes) is 1. The van der Waals surface area contributed by atoms with E-state index >= 15 is 0 Å². The standard InChI is InChI=1S/C17H16.C16H14.C14H14.C8H10.C7H7Br.C4H10.C2H2/c1-2-7-13-12-14-8-3-4-9-16(14)17-11-6-5-10-15(13)17;1-12-10-13-6-2-3-7-14(11-13)16-9-5-4-8-15(12)16;1-12-7-9-14(10-8-12)11-13-5-3-2-4-6-13;1-2-8-6-4-3-5-7-8;1-6-2-4-7(8)5-3-6;1-3-4-2;1-2/h3-6,8-12H,2,7H2,1H3;2-10H,11H2,1H3;2-5,7-11H,6H2,1H3;2-6H,7H2,1H3;2-5H,1H3;3-4H2,1-2H3;1-2H/b;;13-11+;8-2-;;;. The van der Waals surface area contributed by atoms with E-state index in [0.29, 0.717) is 0 Å². The van der Waals surface area contributed by atoms with E-state index in [4.69, 9.17) is 0 Å². The van der Waals surface area contributed by atoms with Crippen LogP contribution in [0, 0.1) is 26.7 Å². The largest absolute Gasteiger partial charge is 0.124 e. The molecule has 6 aromatic carbocycles. The second-order valence-corrected chi connectivity index (χ2v) is 18.1. The molecule has 0 saturated heterocycles. The Morgan fingerprint density at radius 2 is 1.10 bits per heavy atom. The summed E-state index contributed by atoms with van der Waals surface area (Å²) in [7, 11) is 0. The van der Waals surface area contributed by atoms with Crippen LogP contribution in [0.1, 0.15) is 107 Å². The predicted octanol–water partition coefficient (Wildman–Crippen LogP) is 20.5. The van der Waals surface area contributed by atoms with Gasteiger partial charge >= 0.3 is 0 Å². The van der Waals surface area contributed by atoms with Gasteiger partial charge in [0.05, 0.1) is 0 Å². The SMILES string of the molecule is C#C.C/C=C1/C=CC=CC1.CC1=CC2=CC=CC=C(C2)c2ccccc21.CCCC.CCCc1cc2ccccc2c2ccccc12.Cc1ccc(/C=C2\C=CC=CC2)cc1.Cc1ccc(Br)cc1. The minimum Gasteiger partial charge on any atom is -0.124 e. The summed E-state index contributed by atoms with van der Waals surface area (Å²) in [6.45, 7) is 15.1. The lowest BCUT2D eigenvalue weighted by Gasteiger charge is -2.09. The van der Waals surface area contributed by atoms with Gasteiger partial charge in [0.2, 0.25) is 0 Å². The summed E-state index contributed by atoms with van der Waals surface area (Å²) in [4.78, 5) is 0. The van der Waals surface area contributed by atoms with Crippen molar-refractivity contribution in [3.8, 4) is 12.8 Å². The lowest BCUT2D eigenvalue weighted by molar-refractivity contribution is 0.886. The molecule has 2 bridgehead atoms. The summed E-state index contributed by atoms with van der Waals surface area (Å²) in [5.41, 5.74) is 15.1. The van der Waals surface area contributed by atoms with E-state index in [1.165, 1.54) is 102 Å². The molecule has 10 rings (SSSR count). The number of rotatable bonds is 4. The molecule has 0 aromatic heterocycles. The maximum Gasteiger partial charge on any atom is 0.0175 e. The van der Waals surface area contributed by atoms with E-state index in [2.05, 4.69) is 284 Å². The normalized spacial score (nSPS) is 14.6. The van der Waals surface area contributed by atoms with Crippen LogP contribution in [0.25, 0.3) is 38.8 Å². The maximum atomic E-state index is 4.00. The van der Waals surface area contributed by atoms with Crippen LogP contribution in [-0.2, 0) is 6.42 Å². The Bertz CT molecular complexity index is 2830. The highest BCUT2D eigenvalue weighted by Gasteiger charge is 2.14. The lowest BCUT2D eigenvalue weighted by Crippen LogP contribution is -1.88. The summed E-state index contributed by atoms with van der Waals surface area (Å²) in [6, 6.07) is 45.3. The number of hydrogen-bond donors (Lipinski definition) is 0. The van der Waals surface area contributed by atoms with Crippen LogP contribution in [-0.4, -0.2) is 0 Å². The van der Waals surface area contributed by atoms with Crippen molar-refractivity contribution in [2.75, 3.05) is 0 Å². The van der Waals surface area contributed by atoms with Crippen molar-refractivity contribution in [1.82, 2.24) is 0 Å². The Kier molecular flexibility index (Phi) is 24.9. The Morgan fingerprint density at radius 3 is 1.67 bits per heavy atom. The molecular weight excluding hydrogens is 897 g/mol. The number of aryl methyl sites for hydroxylation is 3. The van der Waals surface area contributed by atoms with Gasteiger partial charge < -0.3 is 0 Å². The van der Waals surface area contributed by atoms with Crippen molar-refractivity contribution in [2.24, 2.45) is 0 Å². The molecular formula is C68H73Br. The smallest absolute Gasteiger partial charge is 0.0175 e. The van der Waals surface area contributed by atoms with Crippen LogP contribution >= 0.6 is 15.9 Å². The van der Waals surface area contributed by atoms with E-state index < -0.39 is 0 Å². The van der Waals surface area contributed by atoms with Gasteiger partial charge in [-0.05, 0) is 137 Å². The highest BCUT2D eigenvalue weighted by molar-refractivity contribution is 9.10. The number of halogens is 1. The first kappa shape index (κ1) is 54.9. The molecule has 352 valence electrons. The van der Waals surface area contributed by atoms with Crippen LogP contribution < -0.4 is 0 Å². The summed E-state index contributed by atoms with van der Waals surface area (Å²) >= 11 is 3.35. The van der Waals surface area contributed by atoms with Gasteiger partial charge in [-0.15, -0.1) is 12.8 Å². The van der Waals surface area contributed by atoms with Gasteiger partial charge in [0, 0.05) is 4.47 Å². The van der Waals surface area contributed by atoms with Gasteiger partial charge in [-0.2, -0.15) is 0 Å². The molecule has 0 nitrogen and oxygen atoms in total. The van der Waals surface area contributed by atoms with E-state index in [0.717, 1.165) is 30.2 Å². The topological polar surface area (TPSA) is 0 Å². The van der Waals surface area contributed by atoms with Gasteiger partial charge in [-0.3, -0.25) is 0 Å². The quantitative estimate of drug-likeness (QED) is 0.122. The average molecular weight is 970 g/mol. The third-order valence-corrected chi connectivity index (χ3v) is 12.2. The molecule has 0 aliphatic heterocycles. The van der Waals surface area contributed by atoms with Gasteiger partial charge in [0.1, 0.15) is 0 Å². The van der Waals surface area contributed by atoms with E-state index in [1.807, 2.05) is 12.1 Å². The predicted molar refractivity (Wildman–Crippen MR) is 313 cm³/mol. The zero-order chi connectivity index (χ0) is 49.6. The van der Waals surface area contributed by atoms with Crippen molar-refractivity contribution in [2.45, 2.75) is 93.4 Å². The molecule has 4 aliphatic rings. The monoisotopic (exact) mass is 968 g/mol. The van der Waals surface area contributed by atoms with Crippen LogP contribution in [0.5, 0.6) is 0 Å².